The molecule has 2 heterocycles. The second kappa shape index (κ2) is 8.34. The zero-order valence-electron chi connectivity index (χ0n) is 16.0. The molecule has 1 aromatic carbocycles. The van der Waals surface area contributed by atoms with Crippen LogP contribution < -0.4 is 5.32 Å². The second-order valence-electron chi connectivity index (χ2n) is 7.32. The molecule has 7 heteroatoms. The Morgan fingerprint density at radius 3 is 2.66 bits per heavy atom. The van der Waals surface area contributed by atoms with E-state index < -0.39 is 5.97 Å². The van der Waals surface area contributed by atoms with Crippen molar-refractivity contribution >= 4 is 11.9 Å². The van der Waals surface area contributed by atoms with Gasteiger partial charge in [0, 0.05) is 24.4 Å². The lowest BCUT2D eigenvalue weighted by Crippen LogP contribution is -2.46. The number of carbonyl (C=O) groups is 2. The highest BCUT2D eigenvalue weighted by molar-refractivity contribution is 5.88. The highest BCUT2D eigenvalue weighted by Crippen LogP contribution is 2.43. The van der Waals surface area contributed by atoms with Gasteiger partial charge in [0.25, 0.3) is 5.91 Å². The molecule has 1 N–H and O–H groups in total. The summed E-state index contributed by atoms with van der Waals surface area (Å²) in [4.78, 5) is 24.3. The molecule has 29 heavy (non-hydrogen) atoms. The van der Waals surface area contributed by atoms with E-state index in [2.05, 4.69) is 22.5 Å². The maximum Gasteiger partial charge on any atom is 0.374 e. The minimum Gasteiger partial charge on any atom is -0.452 e. The molecular weight excluding hydrogens is 370 g/mol. The van der Waals surface area contributed by atoms with Crippen molar-refractivity contribution in [2.75, 3.05) is 13.2 Å². The predicted octanol–water partition coefficient (Wildman–Crippen LogP) is 2.92. The van der Waals surface area contributed by atoms with Crippen LogP contribution >= 0.6 is 0 Å². The van der Waals surface area contributed by atoms with Crippen molar-refractivity contribution in [3.8, 4) is 0 Å². The highest BCUT2D eigenvalue weighted by atomic mass is 16.5. The number of esters is 1. The molecule has 7 nitrogen and oxygen atoms in total. The summed E-state index contributed by atoms with van der Waals surface area (Å²) < 4.78 is 12.3. The molecule has 1 fully saturated rings. The van der Waals surface area contributed by atoms with E-state index in [0.717, 1.165) is 19.3 Å². The molecule has 1 aliphatic rings. The Bertz CT molecular complexity index is 959. The van der Waals surface area contributed by atoms with E-state index in [0.29, 0.717) is 18.8 Å². The van der Waals surface area contributed by atoms with Gasteiger partial charge in [0.2, 0.25) is 5.76 Å². The first-order valence-corrected chi connectivity index (χ1v) is 9.70. The van der Waals surface area contributed by atoms with Gasteiger partial charge in [0.1, 0.15) is 5.76 Å². The molecule has 3 aromatic rings. The topological polar surface area (TPSA) is 86.4 Å². The molecule has 0 radical (unpaired) electrons. The summed E-state index contributed by atoms with van der Waals surface area (Å²) in [5, 5.41) is 6.99. The first-order valence-electron chi connectivity index (χ1n) is 9.70. The van der Waals surface area contributed by atoms with Crippen LogP contribution in [0.15, 0.2) is 65.3 Å². The fraction of sp³-hybridized carbons (Fsp3) is 0.318. The summed E-state index contributed by atoms with van der Waals surface area (Å²) in [5.41, 5.74) is 1.23. The van der Waals surface area contributed by atoms with Crippen LogP contribution in [-0.4, -0.2) is 34.8 Å². The molecule has 0 saturated heterocycles. The molecule has 0 atom stereocenters. The lowest BCUT2D eigenvalue weighted by Gasteiger charge is -2.42. The molecule has 1 saturated carbocycles. The average Bonchev–Trinajstić information content (AvgIpc) is 3.39. The summed E-state index contributed by atoms with van der Waals surface area (Å²) in [6.07, 6.45) is 6.71. The van der Waals surface area contributed by atoms with Gasteiger partial charge >= 0.3 is 5.97 Å². The number of rotatable bonds is 8. The Kier molecular flexibility index (Phi) is 5.46. The lowest BCUT2D eigenvalue weighted by atomic mass is 9.64. The number of amides is 1. The van der Waals surface area contributed by atoms with Gasteiger partial charge in [-0.25, -0.2) is 4.79 Å². The summed E-state index contributed by atoms with van der Waals surface area (Å²) in [6, 6.07) is 15.3. The normalized spacial score (nSPS) is 14.8. The third-order valence-electron chi connectivity index (χ3n) is 5.39. The lowest BCUT2D eigenvalue weighted by molar-refractivity contribution is -0.124. The molecule has 1 aliphatic carbocycles. The van der Waals surface area contributed by atoms with Gasteiger partial charge in [-0.2, -0.15) is 5.10 Å². The minimum atomic E-state index is -0.659. The Morgan fingerprint density at radius 1 is 1.14 bits per heavy atom. The average molecular weight is 393 g/mol. The molecular formula is C22H23N3O4. The largest absolute Gasteiger partial charge is 0.452 e. The van der Waals surface area contributed by atoms with Crippen LogP contribution in [0.3, 0.4) is 0 Å². The summed E-state index contributed by atoms with van der Waals surface area (Å²) >= 11 is 0. The van der Waals surface area contributed by atoms with Gasteiger partial charge in [-0.1, -0.05) is 36.8 Å². The molecule has 0 bridgehead atoms. The maximum atomic E-state index is 12.2. The third kappa shape index (κ3) is 4.39. The van der Waals surface area contributed by atoms with Crippen molar-refractivity contribution in [2.45, 2.75) is 31.2 Å². The van der Waals surface area contributed by atoms with Crippen molar-refractivity contribution < 1.29 is 18.7 Å². The molecule has 150 valence electrons. The fourth-order valence-electron chi connectivity index (χ4n) is 3.61. The van der Waals surface area contributed by atoms with Gasteiger partial charge in [-0.3, -0.25) is 9.48 Å². The van der Waals surface area contributed by atoms with Crippen LogP contribution in [-0.2, 0) is 21.5 Å². The van der Waals surface area contributed by atoms with E-state index in [-0.39, 0.29) is 23.7 Å². The van der Waals surface area contributed by atoms with E-state index in [1.54, 1.807) is 23.1 Å². The molecule has 0 aliphatic heterocycles. The number of hydrogen-bond acceptors (Lipinski definition) is 5. The predicted molar refractivity (Wildman–Crippen MR) is 105 cm³/mol. The maximum absolute atomic E-state index is 12.2. The Balaban J connectivity index is 1.25. The summed E-state index contributed by atoms with van der Waals surface area (Å²) in [7, 11) is 0. The number of ether oxygens (including phenoxy) is 1. The van der Waals surface area contributed by atoms with E-state index in [1.807, 2.05) is 24.3 Å². The van der Waals surface area contributed by atoms with Crippen LogP contribution in [0.25, 0.3) is 0 Å². The standard InChI is InChI=1S/C22H23N3O4/c26-20(23-16-22(10-4-11-22)17-6-2-1-3-7-17)15-28-21(27)19-9-8-18(29-19)14-25-13-5-12-24-25/h1-3,5-9,12-13H,4,10-11,14-16H2,(H,23,26). The molecule has 2 aromatic heterocycles. The van der Waals surface area contributed by atoms with E-state index >= 15 is 0 Å². The van der Waals surface area contributed by atoms with Crippen LogP contribution in [0.5, 0.6) is 0 Å². The van der Waals surface area contributed by atoms with E-state index in [4.69, 9.17) is 9.15 Å². The van der Waals surface area contributed by atoms with Gasteiger partial charge in [-0.05, 0) is 36.6 Å². The van der Waals surface area contributed by atoms with Crippen LogP contribution in [0.1, 0.15) is 41.1 Å². The zero-order valence-corrected chi connectivity index (χ0v) is 16.0. The summed E-state index contributed by atoms with van der Waals surface area (Å²) in [5.74, 6) is -0.322. The van der Waals surface area contributed by atoms with E-state index in [1.165, 1.54) is 11.6 Å². The number of carbonyl (C=O) groups excluding carboxylic acids is 2. The van der Waals surface area contributed by atoms with Crippen molar-refractivity contribution in [2.24, 2.45) is 0 Å². The minimum absolute atomic E-state index is 0.0106. The van der Waals surface area contributed by atoms with Crippen molar-refractivity contribution in [3.05, 3.63) is 78.0 Å². The fourth-order valence-corrected chi connectivity index (χ4v) is 3.61. The van der Waals surface area contributed by atoms with Gasteiger partial charge < -0.3 is 14.5 Å². The third-order valence-corrected chi connectivity index (χ3v) is 5.39. The molecule has 4 rings (SSSR count). The Morgan fingerprint density at radius 2 is 1.97 bits per heavy atom. The van der Waals surface area contributed by atoms with Gasteiger partial charge in [-0.15, -0.1) is 0 Å². The molecule has 0 spiro atoms. The molecule has 1 amide bonds. The number of aromatic nitrogens is 2. The number of benzene rings is 1. The number of nitrogens with zero attached hydrogens (tertiary/aromatic N) is 2. The SMILES string of the molecule is O=C(COC(=O)c1ccc(Cn2cccn2)o1)NCC1(c2ccccc2)CCC1. The molecule has 0 unspecified atom stereocenters. The number of nitrogens with one attached hydrogen (secondary N) is 1. The van der Waals surface area contributed by atoms with Crippen molar-refractivity contribution in [3.63, 3.8) is 0 Å². The smallest absolute Gasteiger partial charge is 0.374 e. The first kappa shape index (κ1) is 19.0. The number of hydrogen-bond donors (Lipinski definition) is 1. The highest BCUT2D eigenvalue weighted by Gasteiger charge is 2.38. The van der Waals surface area contributed by atoms with Crippen molar-refractivity contribution in [1.29, 1.82) is 0 Å². The van der Waals surface area contributed by atoms with Gasteiger partial charge in [0.15, 0.2) is 6.61 Å². The second-order valence-corrected chi connectivity index (χ2v) is 7.32. The first-order chi connectivity index (χ1) is 14.1. The van der Waals surface area contributed by atoms with E-state index in [9.17, 15) is 9.59 Å². The van der Waals surface area contributed by atoms with Crippen LogP contribution in [0, 0.1) is 0 Å². The monoisotopic (exact) mass is 393 g/mol. The zero-order chi connectivity index (χ0) is 20.1. The number of furan rings is 1. The quantitative estimate of drug-likeness (QED) is 0.595. The summed E-state index contributed by atoms with van der Waals surface area (Å²) in [6.45, 7) is 0.628. The van der Waals surface area contributed by atoms with Crippen LogP contribution in [0.4, 0.5) is 0 Å². The Hall–Kier alpha value is -3.35. The van der Waals surface area contributed by atoms with Crippen LogP contribution in [0.2, 0.25) is 0 Å². The Labute approximate surface area is 168 Å². The van der Waals surface area contributed by atoms with Crippen molar-refractivity contribution in [1.82, 2.24) is 15.1 Å². The van der Waals surface area contributed by atoms with Gasteiger partial charge in [0.05, 0.1) is 6.54 Å².